The van der Waals surface area contributed by atoms with Gasteiger partial charge >= 0.3 is 12.0 Å². The summed E-state index contributed by atoms with van der Waals surface area (Å²) in [5, 5.41) is 18.9. The first-order valence-corrected chi connectivity index (χ1v) is 3.94. The van der Waals surface area contributed by atoms with Crippen LogP contribution in [0.1, 0.15) is 5.56 Å². The smallest absolute Gasteiger partial charge is 0.391 e. The van der Waals surface area contributed by atoms with Crippen molar-refractivity contribution in [2.24, 2.45) is 0 Å². The topological polar surface area (TPSA) is 85.5 Å². The normalized spacial score (nSPS) is 11.4. The molecule has 1 rings (SSSR count). The zero-order chi connectivity index (χ0) is 13.2. The lowest BCUT2D eigenvalue weighted by Crippen LogP contribution is -2.19. The molecule has 17 heavy (non-hydrogen) atoms. The van der Waals surface area contributed by atoms with Crippen molar-refractivity contribution >= 4 is 5.69 Å². The molecule has 0 saturated carbocycles. The molecule has 10 heteroatoms. The second kappa shape index (κ2) is 4.49. The summed E-state index contributed by atoms with van der Waals surface area (Å²) in [4.78, 5) is 12.0. The molecule has 6 nitrogen and oxygen atoms in total. The molecule has 0 spiro atoms. The highest BCUT2D eigenvalue weighted by molar-refractivity contribution is 5.39. The molecule has 0 aliphatic rings. The van der Waals surface area contributed by atoms with E-state index in [4.69, 9.17) is 5.11 Å². The van der Waals surface area contributed by atoms with Crippen LogP contribution in [0.5, 0.6) is 5.88 Å². The number of nitro groups is 1. The fraction of sp³-hybridized carbons (Fsp3) is 0.286. The minimum Gasteiger partial charge on any atom is -0.391 e. The summed E-state index contributed by atoms with van der Waals surface area (Å²) in [6.45, 7) is -1.22. The number of hydrogen-bond acceptors (Lipinski definition) is 5. The third-order valence-corrected chi connectivity index (χ3v) is 1.62. The van der Waals surface area contributed by atoms with E-state index in [-0.39, 0.29) is 6.20 Å². The van der Waals surface area contributed by atoms with Crippen molar-refractivity contribution in [3.05, 3.63) is 27.7 Å². The van der Waals surface area contributed by atoms with Gasteiger partial charge in [0.1, 0.15) is 6.20 Å². The molecule has 0 aromatic carbocycles. The van der Waals surface area contributed by atoms with Crippen molar-refractivity contribution in [1.82, 2.24) is 4.98 Å². The van der Waals surface area contributed by atoms with Crippen LogP contribution in [0.2, 0.25) is 0 Å². The first-order chi connectivity index (χ1) is 7.76. The molecule has 1 heterocycles. The average Bonchev–Trinajstić information content (AvgIpc) is 2.15. The number of alkyl halides is 3. The lowest BCUT2D eigenvalue weighted by molar-refractivity contribution is -0.388. The summed E-state index contributed by atoms with van der Waals surface area (Å²) in [5.41, 5.74) is -2.18. The number of ether oxygens (including phenoxy) is 1. The average molecular weight is 256 g/mol. The first kappa shape index (κ1) is 13.1. The number of halogens is 4. The summed E-state index contributed by atoms with van der Waals surface area (Å²) in [6.07, 6.45) is -4.87. The van der Waals surface area contributed by atoms with Gasteiger partial charge in [0.2, 0.25) is 11.7 Å². The molecule has 0 atom stereocenters. The Hall–Kier alpha value is -1.97. The van der Waals surface area contributed by atoms with Gasteiger partial charge in [-0.3, -0.25) is 10.1 Å². The number of hydrogen-bond donors (Lipinski definition) is 1. The SMILES string of the molecule is O=[N+]([O-])c1cnc(OC(F)(F)F)c(CO)c1F. The van der Waals surface area contributed by atoms with Crippen LogP contribution in [-0.2, 0) is 6.61 Å². The highest BCUT2D eigenvalue weighted by atomic mass is 19.4. The molecule has 0 fully saturated rings. The van der Waals surface area contributed by atoms with Gasteiger partial charge in [0.25, 0.3) is 0 Å². The second-order valence-electron chi connectivity index (χ2n) is 2.70. The molecular weight excluding hydrogens is 252 g/mol. The Bertz CT molecular complexity index is 448. The molecular formula is C7H4F4N2O4. The third kappa shape index (κ3) is 3.00. The van der Waals surface area contributed by atoms with Crippen molar-refractivity contribution in [2.45, 2.75) is 13.0 Å². The molecule has 1 aromatic rings. The molecule has 0 saturated heterocycles. The number of aromatic nitrogens is 1. The number of aliphatic hydroxyl groups is 1. The van der Waals surface area contributed by atoms with E-state index in [2.05, 4.69) is 9.72 Å². The maximum Gasteiger partial charge on any atom is 0.574 e. The van der Waals surface area contributed by atoms with Crippen LogP contribution in [0, 0.1) is 15.9 Å². The minimum absolute atomic E-state index is 0.273. The lowest BCUT2D eigenvalue weighted by atomic mass is 10.2. The molecule has 0 aliphatic carbocycles. The molecule has 94 valence electrons. The van der Waals surface area contributed by atoms with Gasteiger partial charge in [-0.05, 0) is 0 Å². The van der Waals surface area contributed by atoms with Crippen LogP contribution >= 0.6 is 0 Å². The Morgan fingerprint density at radius 2 is 2.12 bits per heavy atom. The largest absolute Gasteiger partial charge is 0.574 e. The predicted octanol–water partition coefficient (Wildman–Crippen LogP) is 1.52. The molecule has 1 aromatic heterocycles. The van der Waals surface area contributed by atoms with Crippen LogP contribution < -0.4 is 4.74 Å². The Kier molecular flexibility index (Phi) is 3.46. The van der Waals surface area contributed by atoms with E-state index in [9.17, 15) is 27.7 Å². The van der Waals surface area contributed by atoms with Gasteiger partial charge in [0.15, 0.2) is 0 Å². The van der Waals surface area contributed by atoms with Gasteiger partial charge in [-0.15, -0.1) is 13.2 Å². The summed E-state index contributed by atoms with van der Waals surface area (Å²) in [5.74, 6) is -2.88. The van der Waals surface area contributed by atoms with Gasteiger partial charge in [-0.25, -0.2) is 4.98 Å². The van der Waals surface area contributed by atoms with Gasteiger partial charge in [-0.1, -0.05) is 0 Å². The Labute approximate surface area is 90.6 Å². The second-order valence-corrected chi connectivity index (χ2v) is 2.70. The standard InChI is InChI=1S/C7H4F4N2O4/c8-5-3(2-14)6(17-7(9,10)11)12-1-4(5)13(15)16/h1,14H,2H2. The zero-order valence-electron chi connectivity index (χ0n) is 7.86. The Morgan fingerprint density at radius 1 is 1.53 bits per heavy atom. The van der Waals surface area contributed by atoms with Crippen LogP contribution in [0.15, 0.2) is 6.20 Å². The number of nitrogens with zero attached hydrogens (tertiary/aromatic N) is 2. The van der Waals surface area contributed by atoms with Crippen molar-refractivity contribution in [3.63, 3.8) is 0 Å². The monoisotopic (exact) mass is 256 g/mol. The summed E-state index contributed by atoms with van der Waals surface area (Å²) >= 11 is 0. The van der Waals surface area contributed by atoms with Gasteiger partial charge < -0.3 is 9.84 Å². The Balaban J connectivity index is 3.26. The predicted molar refractivity (Wildman–Crippen MR) is 43.5 cm³/mol. The third-order valence-electron chi connectivity index (χ3n) is 1.62. The lowest BCUT2D eigenvalue weighted by Gasteiger charge is -2.11. The van der Waals surface area contributed by atoms with Crippen LogP contribution in [0.4, 0.5) is 23.2 Å². The van der Waals surface area contributed by atoms with Gasteiger partial charge in [-0.2, -0.15) is 4.39 Å². The summed E-state index contributed by atoms with van der Waals surface area (Å²) < 4.78 is 52.1. The fourth-order valence-corrected chi connectivity index (χ4v) is 0.965. The molecule has 0 bridgehead atoms. The van der Waals surface area contributed by atoms with E-state index in [1.165, 1.54) is 0 Å². The van der Waals surface area contributed by atoms with Crippen molar-refractivity contribution in [3.8, 4) is 5.88 Å². The fourth-order valence-electron chi connectivity index (χ4n) is 0.965. The maximum absolute atomic E-state index is 13.3. The van der Waals surface area contributed by atoms with Crippen molar-refractivity contribution in [2.75, 3.05) is 0 Å². The summed E-state index contributed by atoms with van der Waals surface area (Å²) in [7, 11) is 0. The molecule has 0 radical (unpaired) electrons. The summed E-state index contributed by atoms with van der Waals surface area (Å²) in [6, 6.07) is 0. The molecule has 0 unspecified atom stereocenters. The zero-order valence-corrected chi connectivity index (χ0v) is 7.86. The minimum atomic E-state index is -5.14. The van der Waals surface area contributed by atoms with E-state index in [0.717, 1.165) is 0 Å². The van der Waals surface area contributed by atoms with Crippen LogP contribution in [0.3, 0.4) is 0 Å². The number of aliphatic hydroxyl groups excluding tert-OH is 1. The van der Waals surface area contributed by atoms with Gasteiger partial charge in [0.05, 0.1) is 17.1 Å². The van der Waals surface area contributed by atoms with Crippen molar-refractivity contribution in [1.29, 1.82) is 0 Å². The van der Waals surface area contributed by atoms with E-state index >= 15 is 0 Å². The van der Waals surface area contributed by atoms with Crippen molar-refractivity contribution < 1.29 is 32.3 Å². The molecule has 1 N–H and O–H groups in total. The number of rotatable bonds is 3. The van der Waals surface area contributed by atoms with Crippen LogP contribution in [0.25, 0.3) is 0 Å². The van der Waals surface area contributed by atoms with E-state index in [1.807, 2.05) is 0 Å². The highest BCUT2D eigenvalue weighted by Gasteiger charge is 2.34. The van der Waals surface area contributed by atoms with E-state index < -0.39 is 40.8 Å². The highest BCUT2D eigenvalue weighted by Crippen LogP contribution is 2.30. The first-order valence-electron chi connectivity index (χ1n) is 3.94. The quantitative estimate of drug-likeness (QED) is 0.503. The molecule has 0 aliphatic heterocycles. The number of pyridine rings is 1. The van der Waals surface area contributed by atoms with Gasteiger partial charge in [0, 0.05) is 0 Å². The molecule has 0 amide bonds. The van der Waals surface area contributed by atoms with E-state index in [1.54, 1.807) is 0 Å². The van der Waals surface area contributed by atoms with E-state index in [0.29, 0.717) is 0 Å². The maximum atomic E-state index is 13.3. The van der Waals surface area contributed by atoms with Crippen LogP contribution in [-0.4, -0.2) is 21.4 Å². The Morgan fingerprint density at radius 3 is 2.53 bits per heavy atom.